The van der Waals surface area contributed by atoms with Crippen molar-refractivity contribution in [1.29, 1.82) is 0 Å². The number of nitrogens with two attached hydrogens (primary N) is 1. The van der Waals surface area contributed by atoms with Gasteiger partial charge in [-0.25, -0.2) is 0 Å². The maximum absolute atomic E-state index is 6.37. The lowest BCUT2D eigenvalue weighted by Crippen LogP contribution is -2.51. The third kappa shape index (κ3) is 2.38. The van der Waals surface area contributed by atoms with Gasteiger partial charge in [0.25, 0.3) is 0 Å². The molecule has 1 fully saturated rings. The molecule has 0 aliphatic carbocycles. The summed E-state index contributed by atoms with van der Waals surface area (Å²) in [5.74, 6) is 1.67. The van der Waals surface area contributed by atoms with Gasteiger partial charge in [-0.3, -0.25) is 0 Å². The largest absolute Gasteiger partial charge is 0.497 e. The third-order valence-electron chi connectivity index (χ3n) is 4.32. The maximum atomic E-state index is 6.37. The molecule has 3 atom stereocenters. The van der Waals surface area contributed by atoms with E-state index >= 15 is 0 Å². The number of hydrogen-bond acceptors (Lipinski definition) is 4. The molecule has 2 aliphatic heterocycles. The topological polar surface area (TPSA) is 53.7 Å². The van der Waals surface area contributed by atoms with Crippen LogP contribution in [-0.4, -0.2) is 24.9 Å². The zero-order valence-corrected chi connectivity index (χ0v) is 12.4. The first-order chi connectivity index (χ1) is 9.51. The van der Waals surface area contributed by atoms with Gasteiger partial charge in [-0.15, -0.1) is 0 Å². The molecule has 20 heavy (non-hydrogen) atoms. The van der Waals surface area contributed by atoms with Crippen LogP contribution in [0.2, 0.25) is 0 Å². The molecule has 0 radical (unpaired) electrons. The maximum Gasteiger partial charge on any atom is 0.128 e. The van der Waals surface area contributed by atoms with Crippen LogP contribution in [0.15, 0.2) is 18.2 Å². The van der Waals surface area contributed by atoms with E-state index in [2.05, 4.69) is 13.8 Å². The summed E-state index contributed by atoms with van der Waals surface area (Å²) < 4.78 is 17.5. The van der Waals surface area contributed by atoms with E-state index in [1.165, 1.54) is 0 Å². The molecule has 4 heteroatoms. The second-order valence-corrected chi connectivity index (χ2v) is 6.17. The lowest BCUT2D eigenvalue weighted by molar-refractivity contribution is -0.129. The zero-order valence-electron chi connectivity index (χ0n) is 12.4. The second kappa shape index (κ2) is 4.93. The van der Waals surface area contributed by atoms with Crippen molar-refractivity contribution in [3.8, 4) is 11.5 Å². The van der Waals surface area contributed by atoms with Crippen LogP contribution in [0.3, 0.4) is 0 Å². The molecule has 0 amide bonds. The minimum absolute atomic E-state index is 0.0159. The molecule has 1 saturated heterocycles. The number of hydrogen-bond donors (Lipinski definition) is 1. The standard InChI is InChI=1S/C16H23NO3/c1-10-7-16(8-11(2)19-10)9-14(17)13-5-4-12(18-3)6-15(13)20-16/h4-6,10-11,14H,7-9,17H2,1-3H3/t10?,11?,14-,16?/m1/s1. The van der Waals surface area contributed by atoms with Crippen molar-refractivity contribution in [3.63, 3.8) is 0 Å². The zero-order chi connectivity index (χ0) is 14.3. The predicted molar refractivity (Wildman–Crippen MR) is 77.1 cm³/mol. The van der Waals surface area contributed by atoms with Gasteiger partial charge in [-0.2, -0.15) is 0 Å². The first-order valence-electron chi connectivity index (χ1n) is 7.29. The summed E-state index contributed by atoms with van der Waals surface area (Å²) in [7, 11) is 1.67. The Labute approximate surface area is 120 Å². The SMILES string of the molecule is COc1ccc2c(c1)OC1(CC(C)OC(C)C1)C[C@H]2N. The molecule has 0 saturated carbocycles. The van der Waals surface area contributed by atoms with Crippen molar-refractivity contribution in [3.05, 3.63) is 23.8 Å². The number of benzene rings is 1. The Morgan fingerprint density at radius 1 is 1.20 bits per heavy atom. The van der Waals surface area contributed by atoms with E-state index in [4.69, 9.17) is 19.9 Å². The minimum Gasteiger partial charge on any atom is -0.497 e. The van der Waals surface area contributed by atoms with Crippen molar-refractivity contribution in [2.24, 2.45) is 5.73 Å². The summed E-state index contributed by atoms with van der Waals surface area (Å²) in [4.78, 5) is 0. The summed E-state index contributed by atoms with van der Waals surface area (Å²) in [6.45, 7) is 4.21. The molecule has 4 nitrogen and oxygen atoms in total. The van der Waals surface area contributed by atoms with Crippen LogP contribution in [0.25, 0.3) is 0 Å². The van der Waals surface area contributed by atoms with E-state index in [9.17, 15) is 0 Å². The number of fused-ring (bicyclic) bond motifs is 1. The number of ether oxygens (including phenoxy) is 3. The van der Waals surface area contributed by atoms with E-state index in [0.717, 1.165) is 36.3 Å². The molecular weight excluding hydrogens is 254 g/mol. The molecule has 2 heterocycles. The third-order valence-corrected chi connectivity index (χ3v) is 4.32. The average Bonchev–Trinajstić information content (AvgIpc) is 2.36. The molecule has 2 aliphatic rings. The van der Waals surface area contributed by atoms with Gasteiger partial charge >= 0.3 is 0 Å². The average molecular weight is 277 g/mol. The lowest BCUT2D eigenvalue weighted by Gasteiger charge is -2.47. The Kier molecular flexibility index (Phi) is 3.38. The van der Waals surface area contributed by atoms with Crippen LogP contribution >= 0.6 is 0 Å². The van der Waals surface area contributed by atoms with Crippen molar-refractivity contribution < 1.29 is 14.2 Å². The molecule has 1 spiro atoms. The summed E-state index contributed by atoms with van der Waals surface area (Å²) in [5, 5.41) is 0. The first kappa shape index (κ1) is 13.7. The monoisotopic (exact) mass is 277 g/mol. The smallest absolute Gasteiger partial charge is 0.128 e. The summed E-state index contributed by atoms with van der Waals surface area (Å²) in [6, 6.07) is 5.91. The Hall–Kier alpha value is -1.26. The van der Waals surface area contributed by atoms with E-state index in [1.54, 1.807) is 7.11 Å². The van der Waals surface area contributed by atoms with Crippen LogP contribution in [0.4, 0.5) is 0 Å². The number of rotatable bonds is 1. The van der Waals surface area contributed by atoms with Gasteiger partial charge in [0.2, 0.25) is 0 Å². The molecule has 2 unspecified atom stereocenters. The molecule has 1 aromatic carbocycles. The molecule has 110 valence electrons. The van der Waals surface area contributed by atoms with Crippen molar-refractivity contribution >= 4 is 0 Å². The molecule has 0 bridgehead atoms. The van der Waals surface area contributed by atoms with Crippen molar-refractivity contribution in [1.82, 2.24) is 0 Å². The molecule has 3 rings (SSSR count). The lowest BCUT2D eigenvalue weighted by atomic mass is 9.79. The summed E-state index contributed by atoms with van der Waals surface area (Å²) in [6.07, 6.45) is 3.05. The Bertz CT molecular complexity index is 492. The van der Waals surface area contributed by atoms with Crippen molar-refractivity contribution in [2.45, 2.75) is 57.0 Å². The van der Waals surface area contributed by atoms with Crippen LogP contribution in [-0.2, 0) is 4.74 Å². The van der Waals surface area contributed by atoms with E-state index in [1.807, 2.05) is 18.2 Å². The Balaban J connectivity index is 1.94. The van der Waals surface area contributed by atoms with E-state index < -0.39 is 0 Å². The molecular formula is C16H23NO3. The van der Waals surface area contributed by atoms with Gasteiger partial charge in [0.1, 0.15) is 17.1 Å². The van der Waals surface area contributed by atoms with Gasteiger partial charge in [0, 0.05) is 36.9 Å². The second-order valence-electron chi connectivity index (χ2n) is 6.17. The van der Waals surface area contributed by atoms with Gasteiger partial charge in [-0.05, 0) is 19.9 Å². The summed E-state index contributed by atoms with van der Waals surface area (Å²) >= 11 is 0. The van der Waals surface area contributed by atoms with Gasteiger partial charge in [0.15, 0.2) is 0 Å². The van der Waals surface area contributed by atoms with Gasteiger partial charge in [0.05, 0.1) is 19.3 Å². The fourth-order valence-corrected chi connectivity index (χ4v) is 3.70. The Morgan fingerprint density at radius 2 is 1.90 bits per heavy atom. The van der Waals surface area contributed by atoms with E-state index in [0.29, 0.717) is 0 Å². The fraction of sp³-hybridized carbons (Fsp3) is 0.625. The highest BCUT2D eigenvalue weighted by molar-refractivity contribution is 5.44. The van der Waals surface area contributed by atoms with Crippen LogP contribution in [0, 0.1) is 0 Å². The fourth-order valence-electron chi connectivity index (χ4n) is 3.70. The number of methoxy groups -OCH3 is 1. The highest BCUT2D eigenvalue weighted by atomic mass is 16.5. The van der Waals surface area contributed by atoms with Gasteiger partial charge < -0.3 is 19.9 Å². The first-order valence-corrected chi connectivity index (χ1v) is 7.29. The van der Waals surface area contributed by atoms with Crippen LogP contribution in [0.1, 0.15) is 44.7 Å². The normalized spacial score (nSPS) is 36.3. The summed E-state index contributed by atoms with van der Waals surface area (Å²) in [5.41, 5.74) is 7.25. The van der Waals surface area contributed by atoms with Crippen molar-refractivity contribution in [2.75, 3.05) is 7.11 Å². The van der Waals surface area contributed by atoms with Crippen LogP contribution < -0.4 is 15.2 Å². The Morgan fingerprint density at radius 3 is 2.55 bits per heavy atom. The minimum atomic E-state index is -0.199. The van der Waals surface area contributed by atoms with Crippen LogP contribution in [0.5, 0.6) is 11.5 Å². The quantitative estimate of drug-likeness (QED) is 0.857. The molecule has 0 aromatic heterocycles. The predicted octanol–water partition coefficient (Wildman–Crippen LogP) is 2.80. The van der Waals surface area contributed by atoms with E-state index in [-0.39, 0.29) is 23.9 Å². The highest BCUT2D eigenvalue weighted by Gasteiger charge is 2.45. The highest BCUT2D eigenvalue weighted by Crippen LogP contribution is 2.46. The van der Waals surface area contributed by atoms with Gasteiger partial charge in [-0.1, -0.05) is 6.07 Å². The molecule has 1 aromatic rings. The molecule has 2 N–H and O–H groups in total.